The molecule has 3 aliphatic rings. The summed E-state index contributed by atoms with van der Waals surface area (Å²) in [4.78, 5) is 11.5. The fraction of sp³-hybridized carbons (Fsp3) is 0.650. The molecule has 2 saturated heterocycles. The number of nitrogens with zero attached hydrogens (tertiary/aromatic N) is 3. The van der Waals surface area contributed by atoms with Crippen molar-refractivity contribution < 1.29 is 0 Å². The van der Waals surface area contributed by atoms with Crippen LogP contribution in [0, 0.1) is 5.92 Å². The Morgan fingerprint density at radius 3 is 2.78 bits per heavy atom. The van der Waals surface area contributed by atoms with E-state index in [-0.39, 0.29) is 0 Å². The molecule has 0 aromatic carbocycles. The molecule has 4 nitrogen and oxygen atoms in total. The van der Waals surface area contributed by atoms with Crippen LogP contribution < -0.4 is 10.2 Å². The third kappa shape index (κ3) is 3.39. The molecule has 5 rings (SSSR count). The van der Waals surface area contributed by atoms with Crippen molar-refractivity contribution in [3.05, 3.63) is 16.5 Å². The van der Waals surface area contributed by atoms with E-state index >= 15 is 0 Å². The summed E-state index contributed by atoms with van der Waals surface area (Å²) in [6.45, 7) is 3.68. The van der Waals surface area contributed by atoms with Crippen LogP contribution in [0.25, 0.3) is 10.6 Å². The molecule has 0 amide bonds. The number of thiazole rings is 1. The molecule has 7 heteroatoms. The van der Waals surface area contributed by atoms with E-state index in [1.54, 1.807) is 22.7 Å². The number of nitrogens with one attached hydrogen (secondary N) is 1. The van der Waals surface area contributed by atoms with Crippen LogP contribution in [-0.2, 0) is 0 Å². The average molecular weight is 423 g/mol. The maximum Gasteiger partial charge on any atom is 0.185 e. The number of thiophene rings is 1. The first-order valence-corrected chi connectivity index (χ1v) is 12.2. The zero-order valence-corrected chi connectivity index (χ0v) is 18.2. The molecule has 0 bridgehead atoms. The Morgan fingerprint density at radius 2 is 2.04 bits per heavy atom. The Morgan fingerprint density at radius 1 is 1.19 bits per heavy atom. The topological polar surface area (TPSA) is 31.4 Å². The quantitative estimate of drug-likeness (QED) is 0.713. The summed E-state index contributed by atoms with van der Waals surface area (Å²) < 4.78 is 0. The molecule has 2 unspecified atom stereocenters. The number of fused-ring (bicyclic) bond motifs is 1. The maximum absolute atomic E-state index is 6.21. The Hall–Kier alpha value is -0.820. The van der Waals surface area contributed by atoms with Crippen LogP contribution in [0.15, 0.2) is 11.4 Å². The molecule has 3 fully saturated rings. The number of likely N-dealkylation sites (tertiary alicyclic amines) is 1. The van der Waals surface area contributed by atoms with Gasteiger partial charge in [0.1, 0.15) is 10.7 Å². The van der Waals surface area contributed by atoms with Crippen LogP contribution in [0.1, 0.15) is 38.5 Å². The van der Waals surface area contributed by atoms with Gasteiger partial charge in [-0.1, -0.05) is 42.2 Å². The number of halogens is 1. The SMILES string of the molecule is CNc1nc(-c2cc(Cl)cs2)c(N2CCC3CN(C4CCCCC4)CC32)s1. The number of aromatic nitrogens is 1. The molecule has 1 saturated carbocycles. The third-order valence-electron chi connectivity index (χ3n) is 6.55. The zero-order chi connectivity index (χ0) is 18.4. The lowest BCUT2D eigenvalue weighted by Gasteiger charge is -2.33. The van der Waals surface area contributed by atoms with Gasteiger partial charge in [0, 0.05) is 44.1 Å². The molecule has 146 valence electrons. The number of hydrogen-bond donors (Lipinski definition) is 1. The summed E-state index contributed by atoms with van der Waals surface area (Å²) in [5.41, 5.74) is 1.11. The Bertz CT molecular complexity index is 798. The maximum atomic E-state index is 6.21. The summed E-state index contributed by atoms with van der Waals surface area (Å²) in [6.07, 6.45) is 8.40. The normalized spacial score (nSPS) is 26.7. The third-order valence-corrected chi connectivity index (χ3v) is 8.95. The largest absolute Gasteiger partial charge is 0.365 e. The molecule has 2 aliphatic heterocycles. The van der Waals surface area contributed by atoms with Gasteiger partial charge in [0.2, 0.25) is 0 Å². The minimum absolute atomic E-state index is 0.645. The number of anilines is 2. The summed E-state index contributed by atoms with van der Waals surface area (Å²) in [7, 11) is 1.96. The highest BCUT2D eigenvalue weighted by atomic mass is 35.5. The van der Waals surface area contributed by atoms with Gasteiger partial charge in [-0.15, -0.1) is 11.3 Å². The van der Waals surface area contributed by atoms with Crippen molar-refractivity contribution in [2.24, 2.45) is 5.92 Å². The van der Waals surface area contributed by atoms with Gasteiger partial charge < -0.3 is 10.2 Å². The lowest BCUT2D eigenvalue weighted by molar-refractivity contribution is 0.181. The van der Waals surface area contributed by atoms with Gasteiger partial charge in [-0.3, -0.25) is 4.90 Å². The summed E-state index contributed by atoms with van der Waals surface area (Å²) in [5.74, 6) is 0.812. The van der Waals surface area contributed by atoms with E-state index in [2.05, 4.69) is 21.2 Å². The molecular formula is C20H27ClN4S2. The molecular weight excluding hydrogens is 396 g/mol. The van der Waals surface area contributed by atoms with Gasteiger partial charge in [-0.05, 0) is 31.2 Å². The van der Waals surface area contributed by atoms with E-state index in [0.29, 0.717) is 6.04 Å². The van der Waals surface area contributed by atoms with Crippen molar-refractivity contribution in [1.29, 1.82) is 0 Å². The fourth-order valence-corrected chi connectivity index (χ4v) is 7.35. The molecule has 1 N–H and O–H groups in total. The van der Waals surface area contributed by atoms with Gasteiger partial charge in [0.15, 0.2) is 5.13 Å². The summed E-state index contributed by atoms with van der Waals surface area (Å²) >= 11 is 9.70. The Labute approximate surface area is 174 Å². The summed E-state index contributed by atoms with van der Waals surface area (Å²) in [6, 6.07) is 3.53. The number of rotatable bonds is 4. The second-order valence-electron chi connectivity index (χ2n) is 8.11. The van der Waals surface area contributed by atoms with Crippen LogP contribution in [0.3, 0.4) is 0 Å². The van der Waals surface area contributed by atoms with Crippen LogP contribution in [0.4, 0.5) is 10.1 Å². The second-order valence-corrected chi connectivity index (χ2v) is 10.4. The Balaban J connectivity index is 1.41. The molecule has 2 aromatic heterocycles. The highest BCUT2D eigenvalue weighted by Crippen LogP contribution is 2.46. The van der Waals surface area contributed by atoms with Crippen LogP contribution in [-0.4, -0.2) is 48.6 Å². The predicted molar refractivity (Wildman–Crippen MR) is 118 cm³/mol. The van der Waals surface area contributed by atoms with Crippen molar-refractivity contribution in [3.63, 3.8) is 0 Å². The fourth-order valence-electron chi connectivity index (χ4n) is 5.20. The monoisotopic (exact) mass is 422 g/mol. The van der Waals surface area contributed by atoms with E-state index in [4.69, 9.17) is 16.6 Å². The first kappa shape index (κ1) is 18.2. The van der Waals surface area contributed by atoms with Crippen LogP contribution in [0.2, 0.25) is 5.02 Å². The highest BCUT2D eigenvalue weighted by molar-refractivity contribution is 7.21. The summed E-state index contributed by atoms with van der Waals surface area (Å²) in [5, 5.41) is 8.39. The molecule has 4 heterocycles. The van der Waals surface area contributed by atoms with Crippen LogP contribution in [0.5, 0.6) is 0 Å². The zero-order valence-electron chi connectivity index (χ0n) is 15.8. The Kier molecular flexibility index (Phi) is 5.09. The highest BCUT2D eigenvalue weighted by Gasteiger charge is 2.44. The van der Waals surface area contributed by atoms with Gasteiger partial charge in [0.05, 0.1) is 9.90 Å². The van der Waals surface area contributed by atoms with Crippen molar-refractivity contribution in [1.82, 2.24) is 9.88 Å². The molecule has 2 aromatic rings. The van der Waals surface area contributed by atoms with Gasteiger partial charge in [-0.25, -0.2) is 4.98 Å². The lowest BCUT2D eigenvalue weighted by Crippen LogP contribution is -2.39. The first-order chi connectivity index (χ1) is 13.2. The van der Waals surface area contributed by atoms with Crippen molar-refractivity contribution in [3.8, 4) is 10.6 Å². The van der Waals surface area contributed by atoms with Gasteiger partial charge in [0.25, 0.3) is 0 Å². The number of hydrogen-bond acceptors (Lipinski definition) is 6. The van der Waals surface area contributed by atoms with E-state index in [1.165, 1.54) is 61.5 Å². The van der Waals surface area contributed by atoms with E-state index in [1.807, 2.05) is 12.4 Å². The van der Waals surface area contributed by atoms with Gasteiger partial charge >= 0.3 is 0 Å². The average Bonchev–Trinajstić information content (AvgIpc) is 3.44. The van der Waals surface area contributed by atoms with Crippen molar-refractivity contribution in [2.45, 2.75) is 50.6 Å². The smallest absolute Gasteiger partial charge is 0.185 e. The molecule has 1 aliphatic carbocycles. The minimum atomic E-state index is 0.645. The first-order valence-electron chi connectivity index (χ1n) is 10.2. The van der Waals surface area contributed by atoms with E-state index in [9.17, 15) is 0 Å². The van der Waals surface area contributed by atoms with Crippen molar-refractivity contribution in [2.75, 3.05) is 36.9 Å². The van der Waals surface area contributed by atoms with Crippen LogP contribution >= 0.6 is 34.3 Å². The van der Waals surface area contributed by atoms with Gasteiger partial charge in [-0.2, -0.15) is 0 Å². The molecule has 0 radical (unpaired) electrons. The molecule has 0 spiro atoms. The van der Waals surface area contributed by atoms with E-state index < -0.39 is 0 Å². The lowest BCUT2D eigenvalue weighted by atomic mass is 9.94. The standard InChI is InChI=1S/C20H27ClN4S2/c1-22-20-23-18(17-9-14(21)12-26-17)19(27-20)25-8-7-13-10-24(11-16(13)25)15-5-3-2-4-6-15/h9,12-13,15-16H,2-8,10-11H2,1H3,(H,22,23). The van der Waals surface area contributed by atoms with E-state index in [0.717, 1.165) is 34.4 Å². The molecule has 27 heavy (non-hydrogen) atoms. The molecule has 2 atom stereocenters. The predicted octanol–water partition coefficient (Wildman–Crippen LogP) is 5.41. The van der Waals surface area contributed by atoms with Crippen molar-refractivity contribution >= 4 is 44.4 Å². The minimum Gasteiger partial charge on any atom is -0.365 e. The second kappa shape index (κ2) is 7.54.